The number of hydrogen-bond donors (Lipinski definition) is 1. The Bertz CT molecular complexity index is 890. The van der Waals surface area contributed by atoms with Crippen molar-refractivity contribution in [3.05, 3.63) is 59.5 Å². The van der Waals surface area contributed by atoms with Gasteiger partial charge in [0.15, 0.2) is 5.69 Å². The first kappa shape index (κ1) is 13.8. The normalized spacial score (nSPS) is 14.2. The van der Waals surface area contributed by atoms with E-state index in [-0.39, 0.29) is 11.7 Å². The van der Waals surface area contributed by atoms with Gasteiger partial charge in [-0.3, -0.25) is 9.89 Å². The molecule has 5 nitrogen and oxygen atoms in total. The van der Waals surface area contributed by atoms with Gasteiger partial charge in [-0.15, -0.1) is 0 Å². The summed E-state index contributed by atoms with van der Waals surface area (Å²) in [6.45, 7) is 1.09. The number of hydrogen-bond acceptors (Lipinski definition) is 3. The standard InChI is InChI=1S/C17H14FN3O2/c18-12-5-6-15-11(9-12)10-21(7-8-23-15)17(22)16-13-3-1-2-4-14(13)19-20-16/h1-6,9H,7-8,10H2,(H,19,20). The Hall–Kier alpha value is -2.89. The number of carbonyl (C=O) groups is 1. The van der Waals surface area contributed by atoms with E-state index in [4.69, 9.17) is 4.74 Å². The quantitative estimate of drug-likeness (QED) is 0.752. The van der Waals surface area contributed by atoms with Crippen molar-refractivity contribution in [1.82, 2.24) is 15.1 Å². The summed E-state index contributed by atoms with van der Waals surface area (Å²) in [7, 11) is 0. The van der Waals surface area contributed by atoms with Gasteiger partial charge in [-0.2, -0.15) is 5.10 Å². The molecular formula is C17H14FN3O2. The lowest BCUT2D eigenvalue weighted by Gasteiger charge is -2.18. The monoisotopic (exact) mass is 311 g/mol. The van der Waals surface area contributed by atoms with Gasteiger partial charge < -0.3 is 9.64 Å². The second-order valence-corrected chi connectivity index (χ2v) is 5.45. The van der Waals surface area contributed by atoms with Gasteiger partial charge in [0.25, 0.3) is 5.91 Å². The molecule has 2 aromatic carbocycles. The Morgan fingerprint density at radius 3 is 3.04 bits per heavy atom. The lowest BCUT2D eigenvalue weighted by atomic mass is 10.1. The molecule has 0 saturated carbocycles. The van der Waals surface area contributed by atoms with Crippen LogP contribution in [-0.4, -0.2) is 34.2 Å². The molecule has 4 rings (SSSR count). The minimum absolute atomic E-state index is 0.192. The minimum atomic E-state index is -0.341. The van der Waals surface area contributed by atoms with E-state index in [0.717, 1.165) is 10.9 Å². The van der Waals surface area contributed by atoms with Crippen LogP contribution in [0.4, 0.5) is 4.39 Å². The predicted molar refractivity (Wildman–Crippen MR) is 82.7 cm³/mol. The van der Waals surface area contributed by atoms with Gasteiger partial charge in [-0.05, 0) is 24.3 Å². The molecule has 0 aliphatic carbocycles. The van der Waals surface area contributed by atoms with Gasteiger partial charge in [-0.25, -0.2) is 4.39 Å². The maximum atomic E-state index is 13.5. The first-order valence-electron chi connectivity index (χ1n) is 7.36. The number of benzene rings is 2. The highest BCUT2D eigenvalue weighted by molar-refractivity contribution is 6.04. The molecule has 0 bridgehead atoms. The maximum absolute atomic E-state index is 13.5. The van der Waals surface area contributed by atoms with Crippen LogP contribution in [0.25, 0.3) is 10.9 Å². The van der Waals surface area contributed by atoms with Crippen LogP contribution in [0, 0.1) is 5.82 Å². The minimum Gasteiger partial charge on any atom is -0.491 e. The van der Waals surface area contributed by atoms with E-state index in [2.05, 4.69) is 10.2 Å². The number of ether oxygens (including phenoxy) is 1. The fraction of sp³-hybridized carbons (Fsp3) is 0.176. The zero-order chi connectivity index (χ0) is 15.8. The summed E-state index contributed by atoms with van der Waals surface area (Å²) in [6, 6.07) is 11.8. The van der Waals surface area contributed by atoms with Crippen molar-refractivity contribution in [2.75, 3.05) is 13.2 Å². The molecular weight excluding hydrogens is 297 g/mol. The lowest BCUT2D eigenvalue weighted by molar-refractivity contribution is 0.0729. The van der Waals surface area contributed by atoms with Crippen molar-refractivity contribution < 1.29 is 13.9 Å². The van der Waals surface area contributed by atoms with E-state index in [9.17, 15) is 9.18 Å². The van der Waals surface area contributed by atoms with E-state index in [1.807, 2.05) is 24.3 Å². The molecule has 1 amide bonds. The van der Waals surface area contributed by atoms with Crippen LogP contribution in [0.3, 0.4) is 0 Å². The number of carbonyl (C=O) groups excluding carboxylic acids is 1. The third-order valence-electron chi connectivity index (χ3n) is 3.96. The van der Waals surface area contributed by atoms with Crippen molar-refractivity contribution in [2.45, 2.75) is 6.54 Å². The highest BCUT2D eigenvalue weighted by Gasteiger charge is 2.24. The topological polar surface area (TPSA) is 58.2 Å². The molecule has 1 aliphatic heterocycles. The van der Waals surface area contributed by atoms with Crippen molar-refractivity contribution >= 4 is 16.8 Å². The smallest absolute Gasteiger partial charge is 0.275 e. The number of H-pyrrole nitrogens is 1. The fourth-order valence-corrected chi connectivity index (χ4v) is 2.81. The molecule has 0 radical (unpaired) electrons. The second kappa shape index (κ2) is 5.39. The molecule has 116 valence electrons. The van der Waals surface area contributed by atoms with Crippen molar-refractivity contribution in [1.29, 1.82) is 0 Å². The molecule has 0 unspecified atom stereocenters. The summed E-state index contributed by atoms with van der Waals surface area (Å²) in [6.07, 6.45) is 0. The first-order chi connectivity index (χ1) is 11.2. The van der Waals surface area contributed by atoms with Crippen LogP contribution >= 0.6 is 0 Å². The second-order valence-electron chi connectivity index (χ2n) is 5.45. The van der Waals surface area contributed by atoms with Crippen LogP contribution in [-0.2, 0) is 6.54 Å². The van der Waals surface area contributed by atoms with Crippen LogP contribution in [0.5, 0.6) is 5.75 Å². The molecule has 1 N–H and O–H groups in total. The van der Waals surface area contributed by atoms with Crippen molar-refractivity contribution in [3.63, 3.8) is 0 Å². The lowest BCUT2D eigenvalue weighted by Crippen LogP contribution is -2.32. The van der Waals surface area contributed by atoms with E-state index in [1.165, 1.54) is 12.1 Å². The molecule has 6 heteroatoms. The predicted octanol–water partition coefficient (Wildman–Crippen LogP) is 2.74. The van der Waals surface area contributed by atoms with Gasteiger partial charge in [0.1, 0.15) is 18.2 Å². The summed E-state index contributed by atoms with van der Waals surface area (Å²) in [5.41, 5.74) is 1.85. The molecule has 1 aliphatic rings. The highest BCUT2D eigenvalue weighted by Crippen LogP contribution is 2.25. The molecule has 0 fully saturated rings. The van der Waals surface area contributed by atoms with Crippen molar-refractivity contribution in [3.8, 4) is 5.75 Å². The van der Waals surface area contributed by atoms with E-state index >= 15 is 0 Å². The number of rotatable bonds is 1. The van der Waals surface area contributed by atoms with Crippen molar-refractivity contribution in [2.24, 2.45) is 0 Å². The Labute approximate surface area is 131 Å². The average Bonchev–Trinajstić information content (AvgIpc) is 2.87. The van der Waals surface area contributed by atoms with Crippen LogP contribution < -0.4 is 4.74 Å². The van der Waals surface area contributed by atoms with E-state index in [1.54, 1.807) is 11.0 Å². The molecule has 0 atom stereocenters. The Morgan fingerprint density at radius 2 is 2.13 bits per heavy atom. The number of para-hydroxylation sites is 1. The molecule has 0 spiro atoms. The third kappa shape index (κ3) is 2.42. The average molecular weight is 311 g/mol. The maximum Gasteiger partial charge on any atom is 0.275 e. The molecule has 0 saturated heterocycles. The zero-order valence-corrected chi connectivity index (χ0v) is 12.3. The van der Waals surface area contributed by atoms with E-state index < -0.39 is 0 Å². The Kier molecular flexibility index (Phi) is 3.22. The van der Waals surface area contributed by atoms with Crippen LogP contribution in [0.1, 0.15) is 16.1 Å². The zero-order valence-electron chi connectivity index (χ0n) is 12.3. The number of aromatic nitrogens is 2. The highest BCUT2D eigenvalue weighted by atomic mass is 19.1. The number of fused-ring (bicyclic) bond motifs is 2. The molecule has 2 heterocycles. The fourth-order valence-electron chi connectivity index (χ4n) is 2.81. The molecule has 1 aromatic heterocycles. The number of halogens is 1. The van der Waals surface area contributed by atoms with Gasteiger partial charge in [0.2, 0.25) is 0 Å². The first-order valence-corrected chi connectivity index (χ1v) is 7.36. The van der Waals surface area contributed by atoms with Crippen LogP contribution in [0.15, 0.2) is 42.5 Å². The summed E-state index contributed by atoms with van der Waals surface area (Å²) >= 11 is 0. The van der Waals surface area contributed by atoms with Crippen LogP contribution in [0.2, 0.25) is 0 Å². The largest absolute Gasteiger partial charge is 0.491 e. The molecule has 3 aromatic rings. The third-order valence-corrected chi connectivity index (χ3v) is 3.96. The summed E-state index contributed by atoms with van der Waals surface area (Å²) in [5.74, 6) is 0.0867. The number of aromatic amines is 1. The summed E-state index contributed by atoms with van der Waals surface area (Å²) in [5, 5.41) is 7.79. The molecule has 23 heavy (non-hydrogen) atoms. The summed E-state index contributed by atoms with van der Waals surface area (Å²) < 4.78 is 19.1. The SMILES string of the molecule is O=C(c1n[nH]c2ccccc12)N1CCOc2ccc(F)cc2C1. The Morgan fingerprint density at radius 1 is 1.26 bits per heavy atom. The number of nitrogens with one attached hydrogen (secondary N) is 1. The Balaban J connectivity index is 1.68. The number of amides is 1. The van der Waals surface area contributed by atoms with E-state index in [0.29, 0.717) is 36.7 Å². The number of nitrogens with zero attached hydrogens (tertiary/aromatic N) is 2. The van der Waals surface area contributed by atoms with Gasteiger partial charge in [0, 0.05) is 17.5 Å². The van der Waals surface area contributed by atoms with Gasteiger partial charge in [-0.1, -0.05) is 18.2 Å². The summed E-state index contributed by atoms with van der Waals surface area (Å²) in [4.78, 5) is 14.4. The van der Waals surface area contributed by atoms with Gasteiger partial charge >= 0.3 is 0 Å². The van der Waals surface area contributed by atoms with Gasteiger partial charge in [0.05, 0.1) is 12.1 Å².